The van der Waals surface area contributed by atoms with Gasteiger partial charge in [0.25, 0.3) is 0 Å². The average Bonchev–Trinajstić information content (AvgIpc) is 2.55. The van der Waals surface area contributed by atoms with Crippen molar-refractivity contribution in [3.8, 4) is 0 Å². The molecule has 2 nitrogen and oxygen atoms in total. The van der Waals surface area contributed by atoms with Crippen LogP contribution < -0.4 is 0 Å². The molecule has 1 heterocycles. The number of hydrogen-bond donors (Lipinski definition) is 0. The molecule has 16 heavy (non-hydrogen) atoms. The third-order valence-electron chi connectivity index (χ3n) is 3.67. The van der Waals surface area contributed by atoms with Crippen LogP contribution in [0.15, 0.2) is 12.4 Å². The van der Waals surface area contributed by atoms with Crippen LogP contribution in [0.2, 0.25) is 5.02 Å². The summed E-state index contributed by atoms with van der Waals surface area (Å²) in [4.78, 5) is 8.70. The Kier molecular flexibility index (Phi) is 4.16. The summed E-state index contributed by atoms with van der Waals surface area (Å²) in [6, 6.07) is 0. The first-order chi connectivity index (χ1) is 7.79. The highest BCUT2D eigenvalue weighted by Gasteiger charge is 2.20. The van der Waals surface area contributed by atoms with E-state index < -0.39 is 0 Å². The second kappa shape index (κ2) is 5.62. The Morgan fingerprint density at radius 1 is 1.19 bits per heavy atom. The molecule has 0 aliphatic heterocycles. The summed E-state index contributed by atoms with van der Waals surface area (Å²) in [6.07, 6.45) is 11.2. The third kappa shape index (κ3) is 2.94. The van der Waals surface area contributed by atoms with E-state index in [1.54, 1.807) is 12.4 Å². The maximum atomic E-state index is 5.80. The van der Waals surface area contributed by atoms with Crippen LogP contribution in [0.25, 0.3) is 0 Å². The zero-order valence-electron chi connectivity index (χ0n) is 9.82. The summed E-state index contributed by atoms with van der Waals surface area (Å²) in [5.41, 5.74) is 0. The summed E-state index contributed by atoms with van der Waals surface area (Å²) in [5, 5.41) is 0.629. The van der Waals surface area contributed by atoms with Crippen LogP contribution in [0, 0.1) is 5.92 Å². The molecule has 0 amide bonds. The molecule has 1 aliphatic rings. The van der Waals surface area contributed by atoms with Crippen molar-refractivity contribution in [1.82, 2.24) is 9.97 Å². The molecule has 1 fully saturated rings. The highest BCUT2D eigenvalue weighted by molar-refractivity contribution is 6.30. The van der Waals surface area contributed by atoms with E-state index in [1.165, 1.54) is 38.5 Å². The minimum Gasteiger partial charge on any atom is -0.240 e. The van der Waals surface area contributed by atoms with Gasteiger partial charge < -0.3 is 0 Å². The maximum Gasteiger partial charge on any atom is 0.131 e. The number of rotatable bonds is 2. The Morgan fingerprint density at radius 2 is 1.94 bits per heavy atom. The molecule has 88 valence electrons. The van der Waals surface area contributed by atoms with Crippen molar-refractivity contribution in [2.75, 3.05) is 0 Å². The summed E-state index contributed by atoms with van der Waals surface area (Å²) in [5.74, 6) is 2.45. The molecule has 1 aromatic heterocycles. The minimum atomic E-state index is 0.550. The first-order valence-electron chi connectivity index (χ1n) is 6.27. The van der Waals surface area contributed by atoms with Crippen molar-refractivity contribution in [2.24, 2.45) is 5.92 Å². The summed E-state index contributed by atoms with van der Waals surface area (Å²) >= 11 is 5.80. The lowest BCUT2D eigenvalue weighted by Gasteiger charge is -2.12. The van der Waals surface area contributed by atoms with Crippen LogP contribution in [0.4, 0.5) is 0 Å². The van der Waals surface area contributed by atoms with E-state index >= 15 is 0 Å². The largest absolute Gasteiger partial charge is 0.240 e. The van der Waals surface area contributed by atoms with Crippen molar-refractivity contribution in [3.05, 3.63) is 23.2 Å². The van der Waals surface area contributed by atoms with Crippen molar-refractivity contribution >= 4 is 11.6 Å². The second-order valence-electron chi connectivity index (χ2n) is 4.74. The van der Waals surface area contributed by atoms with E-state index in [0.717, 1.165) is 11.7 Å². The molecular formula is C13H19ClN2. The third-order valence-corrected chi connectivity index (χ3v) is 3.87. The molecule has 0 spiro atoms. The summed E-state index contributed by atoms with van der Waals surface area (Å²) in [6.45, 7) is 2.30. The van der Waals surface area contributed by atoms with Gasteiger partial charge in [0.1, 0.15) is 5.82 Å². The van der Waals surface area contributed by atoms with E-state index in [9.17, 15) is 0 Å². The smallest absolute Gasteiger partial charge is 0.131 e. The van der Waals surface area contributed by atoms with Crippen molar-refractivity contribution in [1.29, 1.82) is 0 Å². The Bertz CT molecular complexity index is 323. The maximum absolute atomic E-state index is 5.80. The van der Waals surface area contributed by atoms with Crippen LogP contribution >= 0.6 is 11.6 Å². The first-order valence-corrected chi connectivity index (χ1v) is 6.64. The Morgan fingerprint density at radius 3 is 2.62 bits per heavy atom. The Hall–Kier alpha value is -0.630. The monoisotopic (exact) mass is 238 g/mol. The zero-order chi connectivity index (χ0) is 11.4. The van der Waals surface area contributed by atoms with Gasteiger partial charge in [0.05, 0.1) is 5.02 Å². The lowest BCUT2D eigenvalue weighted by Crippen LogP contribution is -2.03. The zero-order valence-corrected chi connectivity index (χ0v) is 10.6. The van der Waals surface area contributed by atoms with Gasteiger partial charge in [0, 0.05) is 18.3 Å². The molecule has 1 saturated carbocycles. The Balaban J connectivity index is 2.02. The number of halogens is 1. The first kappa shape index (κ1) is 11.8. The van der Waals surface area contributed by atoms with Crippen LogP contribution in [-0.4, -0.2) is 9.97 Å². The predicted molar refractivity (Wildman–Crippen MR) is 66.6 cm³/mol. The van der Waals surface area contributed by atoms with Gasteiger partial charge in [-0.3, -0.25) is 0 Å². The van der Waals surface area contributed by atoms with Gasteiger partial charge in [0.2, 0.25) is 0 Å². The molecular weight excluding hydrogens is 220 g/mol. The highest BCUT2D eigenvalue weighted by atomic mass is 35.5. The van der Waals surface area contributed by atoms with Gasteiger partial charge in [-0.15, -0.1) is 0 Å². The molecule has 2 rings (SSSR count). The minimum absolute atomic E-state index is 0.550. The lowest BCUT2D eigenvalue weighted by molar-refractivity contribution is 0.442. The molecule has 2 atom stereocenters. The molecule has 0 N–H and O–H groups in total. The summed E-state index contributed by atoms with van der Waals surface area (Å²) in [7, 11) is 0. The second-order valence-corrected chi connectivity index (χ2v) is 5.18. The SMILES string of the molecule is CCC1CCCC(c2ncc(Cl)cn2)CC1. The molecule has 0 aromatic carbocycles. The fourth-order valence-corrected chi connectivity index (χ4v) is 2.68. The molecule has 1 aromatic rings. The lowest BCUT2D eigenvalue weighted by atomic mass is 9.96. The van der Waals surface area contributed by atoms with Gasteiger partial charge in [-0.25, -0.2) is 9.97 Å². The van der Waals surface area contributed by atoms with Crippen LogP contribution in [-0.2, 0) is 0 Å². The van der Waals surface area contributed by atoms with Gasteiger partial charge in [-0.2, -0.15) is 0 Å². The standard InChI is InChI=1S/C13H19ClN2/c1-2-10-4-3-5-11(7-6-10)13-15-8-12(14)9-16-13/h8-11H,2-7H2,1H3. The van der Waals surface area contributed by atoms with Gasteiger partial charge in [-0.05, 0) is 25.2 Å². The van der Waals surface area contributed by atoms with E-state index in [2.05, 4.69) is 16.9 Å². The van der Waals surface area contributed by atoms with Crippen LogP contribution in [0.3, 0.4) is 0 Å². The average molecular weight is 239 g/mol. The van der Waals surface area contributed by atoms with E-state index in [0.29, 0.717) is 10.9 Å². The fraction of sp³-hybridized carbons (Fsp3) is 0.692. The van der Waals surface area contributed by atoms with Crippen molar-refractivity contribution in [2.45, 2.75) is 51.4 Å². The molecule has 1 aliphatic carbocycles. The summed E-state index contributed by atoms with van der Waals surface area (Å²) < 4.78 is 0. The number of hydrogen-bond acceptors (Lipinski definition) is 2. The normalized spacial score (nSPS) is 26.4. The highest BCUT2D eigenvalue weighted by Crippen LogP contribution is 2.33. The van der Waals surface area contributed by atoms with Gasteiger partial charge in [0.15, 0.2) is 0 Å². The molecule has 0 saturated heterocycles. The van der Waals surface area contributed by atoms with Gasteiger partial charge in [-0.1, -0.05) is 37.8 Å². The fourth-order valence-electron chi connectivity index (χ4n) is 2.58. The molecule has 2 unspecified atom stereocenters. The number of nitrogens with zero attached hydrogens (tertiary/aromatic N) is 2. The topological polar surface area (TPSA) is 25.8 Å². The van der Waals surface area contributed by atoms with Gasteiger partial charge >= 0.3 is 0 Å². The van der Waals surface area contributed by atoms with Crippen molar-refractivity contribution < 1.29 is 0 Å². The van der Waals surface area contributed by atoms with Crippen molar-refractivity contribution in [3.63, 3.8) is 0 Å². The molecule has 0 radical (unpaired) electrons. The molecule has 0 bridgehead atoms. The molecule has 3 heteroatoms. The predicted octanol–water partition coefficient (Wildman–Crippen LogP) is 4.20. The van der Waals surface area contributed by atoms with E-state index in [-0.39, 0.29) is 0 Å². The van der Waals surface area contributed by atoms with Crippen LogP contribution in [0.1, 0.15) is 57.2 Å². The van der Waals surface area contributed by atoms with Crippen LogP contribution in [0.5, 0.6) is 0 Å². The quantitative estimate of drug-likeness (QED) is 0.722. The Labute approximate surface area is 102 Å². The number of aromatic nitrogens is 2. The van der Waals surface area contributed by atoms with E-state index in [1.807, 2.05) is 0 Å². The van der Waals surface area contributed by atoms with E-state index in [4.69, 9.17) is 11.6 Å².